The van der Waals surface area contributed by atoms with Gasteiger partial charge in [0.25, 0.3) is 0 Å². The molecule has 0 unspecified atom stereocenters. The van der Waals surface area contributed by atoms with E-state index in [0.29, 0.717) is 30.8 Å². The van der Waals surface area contributed by atoms with E-state index in [1.165, 1.54) is 5.56 Å². The number of halogens is 1. The predicted molar refractivity (Wildman–Crippen MR) is 129 cm³/mol. The van der Waals surface area contributed by atoms with E-state index in [1.807, 2.05) is 18.2 Å². The van der Waals surface area contributed by atoms with Gasteiger partial charge in [-0.3, -0.25) is 0 Å². The summed E-state index contributed by atoms with van der Waals surface area (Å²) in [4.78, 5) is 18.3. The van der Waals surface area contributed by atoms with Crippen molar-refractivity contribution in [3.05, 3.63) is 47.9 Å². The van der Waals surface area contributed by atoms with E-state index in [-0.39, 0.29) is 11.9 Å². The molecule has 1 saturated carbocycles. The quantitative estimate of drug-likeness (QED) is 0.614. The number of piperidine rings is 1. The summed E-state index contributed by atoms with van der Waals surface area (Å²) in [6.07, 6.45) is 5.04. The highest BCUT2D eigenvalue weighted by Gasteiger charge is 2.48. The van der Waals surface area contributed by atoms with Crippen LogP contribution in [0.25, 0.3) is 10.9 Å². The summed E-state index contributed by atoms with van der Waals surface area (Å²) in [5.41, 5.74) is 0.521. The van der Waals surface area contributed by atoms with Gasteiger partial charge < -0.3 is 19.6 Å². The normalized spacial score (nSPS) is 22.4. The number of aliphatic hydroxyl groups is 1. The van der Waals surface area contributed by atoms with Crippen LogP contribution in [0.4, 0.5) is 16.0 Å². The van der Waals surface area contributed by atoms with Crippen LogP contribution in [0, 0.1) is 0 Å². The Morgan fingerprint density at radius 1 is 1.06 bits per heavy atom. The first kappa shape index (κ1) is 21.5. The summed E-state index contributed by atoms with van der Waals surface area (Å²) in [6.45, 7) is 3.00. The molecule has 6 rings (SSSR count). The molecule has 0 amide bonds. The number of nitrogens with zero attached hydrogens (tertiary/aromatic N) is 5. The Morgan fingerprint density at radius 2 is 1.82 bits per heavy atom. The summed E-state index contributed by atoms with van der Waals surface area (Å²) in [7, 11) is 1.72. The van der Waals surface area contributed by atoms with Crippen LogP contribution >= 0.6 is 0 Å². The first-order valence-corrected chi connectivity index (χ1v) is 12.2. The van der Waals surface area contributed by atoms with Gasteiger partial charge in [0, 0.05) is 31.6 Å². The molecule has 7 nitrogen and oxygen atoms in total. The molecule has 0 bridgehead atoms. The lowest BCUT2D eigenvalue weighted by atomic mass is 9.88. The van der Waals surface area contributed by atoms with Gasteiger partial charge in [-0.1, -0.05) is 18.2 Å². The molecule has 1 N–H and O–H groups in total. The van der Waals surface area contributed by atoms with Crippen LogP contribution in [0.1, 0.15) is 49.4 Å². The first-order valence-electron chi connectivity index (χ1n) is 12.2. The predicted octanol–water partition coefficient (Wildman–Crippen LogP) is 3.95. The monoisotopic (exact) mass is 463 g/mol. The van der Waals surface area contributed by atoms with Gasteiger partial charge in [0.2, 0.25) is 0 Å². The van der Waals surface area contributed by atoms with Gasteiger partial charge in [-0.2, -0.15) is 0 Å². The minimum absolute atomic E-state index is 0.285. The van der Waals surface area contributed by atoms with E-state index >= 15 is 4.39 Å². The van der Waals surface area contributed by atoms with Crippen molar-refractivity contribution in [3.8, 4) is 5.75 Å². The maximum absolute atomic E-state index is 15.0. The van der Waals surface area contributed by atoms with Crippen molar-refractivity contribution in [3.63, 3.8) is 0 Å². The second kappa shape index (κ2) is 8.34. The molecule has 8 heteroatoms. The number of hydrogen-bond acceptors (Lipinski definition) is 7. The Kier molecular flexibility index (Phi) is 5.28. The van der Waals surface area contributed by atoms with E-state index in [1.54, 1.807) is 13.3 Å². The van der Waals surface area contributed by atoms with Gasteiger partial charge >= 0.3 is 0 Å². The van der Waals surface area contributed by atoms with Crippen molar-refractivity contribution in [2.45, 2.75) is 49.8 Å². The molecule has 2 aromatic heterocycles. The lowest BCUT2D eigenvalue weighted by molar-refractivity contribution is 0.198. The zero-order valence-electron chi connectivity index (χ0n) is 19.5. The van der Waals surface area contributed by atoms with Gasteiger partial charge in [-0.05, 0) is 55.7 Å². The number of benzene rings is 1. The first-order chi connectivity index (χ1) is 16.5. The maximum atomic E-state index is 15.0. The third-order valence-corrected chi connectivity index (χ3v) is 7.50. The minimum atomic E-state index is -1.41. The molecule has 3 aromatic rings. The lowest BCUT2D eigenvalue weighted by Gasteiger charge is -2.34. The number of aliphatic hydroxyl groups excluding tert-OH is 1. The average molecular weight is 464 g/mol. The van der Waals surface area contributed by atoms with Crippen molar-refractivity contribution >= 4 is 22.5 Å². The zero-order valence-corrected chi connectivity index (χ0v) is 19.5. The molecular weight excluding hydrogens is 433 g/mol. The molecule has 4 heterocycles. The number of alkyl halides is 1. The Labute approximate surface area is 198 Å². The third-order valence-electron chi connectivity index (χ3n) is 7.50. The molecule has 178 valence electrons. The van der Waals surface area contributed by atoms with E-state index in [9.17, 15) is 5.11 Å². The average Bonchev–Trinajstić information content (AvgIpc) is 3.49. The smallest absolute Gasteiger partial charge is 0.170 e. The number of β-amino-alcohol motifs (C(OH)–C–C–N with tert-alkyl or cyclic N) is 1. The van der Waals surface area contributed by atoms with Gasteiger partial charge in [0.05, 0.1) is 24.9 Å². The number of pyridine rings is 1. The number of methoxy groups -OCH3 is 1. The van der Waals surface area contributed by atoms with Gasteiger partial charge in [-0.15, -0.1) is 0 Å². The Bertz CT molecular complexity index is 1210. The maximum Gasteiger partial charge on any atom is 0.170 e. The fourth-order valence-corrected chi connectivity index (χ4v) is 5.31. The second-order valence-electron chi connectivity index (χ2n) is 9.79. The standard InChI is InChI=1S/C26H30FN5O2/c1-34-22-5-3-2-4-19(22)17-6-11-31(12-7-17)24-20-14-23(32-13-8-18(33)16-32)28-15-21(20)29-25(30-24)26(27)9-10-26/h2-5,14-15,17-18,33H,6-13,16H2,1H3/t18-/m0/s1. The molecule has 1 aliphatic carbocycles. The van der Waals surface area contributed by atoms with Crippen LogP contribution in [0.2, 0.25) is 0 Å². The number of para-hydroxylation sites is 1. The van der Waals surface area contributed by atoms with Crippen LogP contribution in [-0.4, -0.2) is 59.5 Å². The van der Waals surface area contributed by atoms with Crippen molar-refractivity contribution in [2.75, 3.05) is 43.1 Å². The minimum Gasteiger partial charge on any atom is -0.496 e. The summed E-state index contributed by atoms with van der Waals surface area (Å²) >= 11 is 0. The Balaban J connectivity index is 1.33. The van der Waals surface area contributed by atoms with E-state index < -0.39 is 5.67 Å². The van der Waals surface area contributed by atoms with Crippen molar-refractivity contribution in [1.29, 1.82) is 0 Å². The Hall–Kier alpha value is -3.00. The van der Waals surface area contributed by atoms with E-state index in [4.69, 9.17) is 9.72 Å². The van der Waals surface area contributed by atoms with Crippen LogP contribution in [0.5, 0.6) is 5.75 Å². The molecule has 0 spiro atoms. The number of rotatable bonds is 5. The van der Waals surface area contributed by atoms with Crippen molar-refractivity contribution < 1.29 is 14.2 Å². The number of aromatic nitrogens is 3. The lowest BCUT2D eigenvalue weighted by Crippen LogP contribution is -2.34. The van der Waals surface area contributed by atoms with E-state index in [0.717, 1.165) is 61.7 Å². The largest absolute Gasteiger partial charge is 0.496 e. The fourth-order valence-electron chi connectivity index (χ4n) is 5.31. The SMILES string of the molecule is COc1ccccc1C1CCN(c2nc(C3(F)CC3)nc3cnc(N4CC[C@H](O)C4)cc23)CC1. The number of hydrogen-bond donors (Lipinski definition) is 1. The topological polar surface area (TPSA) is 74.6 Å². The number of fused-ring (bicyclic) bond motifs is 1. The molecule has 3 fully saturated rings. The molecule has 2 saturated heterocycles. The van der Waals surface area contributed by atoms with E-state index in [2.05, 4.69) is 31.9 Å². The molecule has 34 heavy (non-hydrogen) atoms. The molecule has 3 aliphatic rings. The van der Waals surface area contributed by atoms with Crippen LogP contribution in [0.15, 0.2) is 36.5 Å². The van der Waals surface area contributed by atoms with Crippen molar-refractivity contribution in [2.24, 2.45) is 0 Å². The molecule has 1 atom stereocenters. The fraction of sp³-hybridized carbons (Fsp3) is 0.500. The molecule has 0 radical (unpaired) electrons. The van der Waals surface area contributed by atoms with Gasteiger partial charge in [0.15, 0.2) is 11.5 Å². The van der Waals surface area contributed by atoms with Gasteiger partial charge in [-0.25, -0.2) is 19.3 Å². The van der Waals surface area contributed by atoms with Crippen LogP contribution in [0.3, 0.4) is 0 Å². The third kappa shape index (κ3) is 3.83. The molecular formula is C26H30FN5O2. The summed E-state index contributed by atoms with van der Waals surface area (Å²) in [5.74, 6) is 3.25. The van der Waals surface area contributed by atoms with Crippen LogP contribution in [-0.2, 0) is 5.67 Å². The highest BCUT2D eigenvalue weighted by molar-refractivity contribution is 5.91. The zero-order chi connectivity index (χ0) is 23.3. The number of anilines is 2. The second-order valence-corrected chi connectivity index (χ2v) is 9.79. The summed E-state index contributed by atoms with van der Waals surface area (Å²) in [6, 6.07) is 10.2. The highest BCUT2D eigenvalue weighted by Crippen LogP contribution is 2.49. The summed E-state index contributed by atoms with van der Waals surface area (Å²) in [5, 5.41) is 10.9. The summed E-state index contributed by atoms with van der Waals surface area (Å²) < 4.78 is 20.6. The van der Waals surface area contributed by atoms with Crippen LogP contribution < -0.4 is 14.5 Å². The molecule has 2 aliphatic heterocycles. The van der Waals surface area contributed by atoms with Crippen molar-refractivity contribution in [1.82, 2.24) is 15.0 Å². The van der Waals surface area contributed by atoms with Gasteiger partial charge in [0.1, 0.15) is 17.4 Å². The molecule has 1 aromatic carbocycles. The highest BCUT2D eigenvalue weighted by atomic mass is 19.1. The Morgan fingerprint density at radius 3 is 2.53 bits per heavy atom. The number of ether oxygens (including phenoxy) is 1.